The van der Waals surface area contributed by atoms with Gasteiger partial charge >= 0.3 is 0 Å². The molecule has 0 spiro atoms. The average Bonchev–Trinajstić information content (AvgIpc) is 2.71. The molecular weight excluding hydrogens is 174 g/mol. The van der Waals surface area contributed by atoms with Gasteiger partial charge in [0.25, 0.3) is 0 Å². The minimum atomic E-state index is 0.0302. The third kappa shape index (κ3) is 1.87. The Labute approximate surface area is 84.9 Å². The third-order valence-corrected chi connectivity index (χ3v) is 2.71. The summed E-state index contributed by atoms with van der Waals surface area (Å²) in [4.78, 5) is 6.73. The molecule has 0 radical (unpaired) electrons. The van der Waals surface area contributed by atoms with Gasteiger partial charge in [-0.3, -0.25) is 4.98 Å². The molecule has 1 aromatic heterocycles. The molecule has 1 aliphatic rings. The van der Waals surface area contributed by atoms with Crippen molar-refractivity contribution < 1.29 is 0 Å². The predicted octanol–water partition coefficient (Wildman–Crippen LogP) is 1.70. The Balaban J connectivity index is 2.12. The third-order valence-electron chi connectivity index (χ3n) is 2.71. The average molecular weight is 191 g/mol. The number of anilines is 1. The van der Waals surface area contributed by atoms with Gasteiger partial charge in [-0.05, 0) is 31.9 Å². The quantitative estimate of drug-likeness (QED) is 0.773. The maximum Gasteiger partial charge on any atom is 0.0569 e. The molecular formula is C11H17N3. The molecule has 1 saturated heterocycles. The fourth-order valence-corrected chi connectivity index (χ4v) is 1.83. The van der Waals surface area contributed by atoms with Gasteiger partial charge in [-0.25, -0.2) is 0 Å². The molecule has 0 amide bonds. The van der Waals surface area contributed by atoms with Crippen molar-refractivity contribution in [3.63, 3.8) is 0 Å². The SMILES string of the molecule is C[C@H](N)c1ccc(N2CCCC2)cn1. The number of hydrogen-bond acceptors (Lipinski definition) is 3. The summed E-state index contributed by atoms with van der Waals surface area (Å²) in [5, 5.41) is 0. The molecule has 2 rings (SSSR count). The summed E-state index contributed by atoms with van der Waals surface area (Å²) in [6, 6.07) is 4.18. The van der Waals surface area contributed by atoms with E-state index in [1.165, 1.54) is 31.6 Å². The Bertz CT molecular complexity index is 286. The number of pyridine rings is 1. The fourth-order valence-electron chi connectivity index (χ4n) is 1.83. The molecule has 1 aromatic rings. The number of nitrogens with two attached hydrogens (primary N) is 1. The number of hydrogen-bond donors (Lipinski definition) is 1. The molecule has 76 valence electrons. The lowest BCUT2D eigenvalue weighted by molar-refractivity contribution is 0.779. The van der Waals surface area contributed by atoms with Crippen molar-refractivity contribution in [2.75, 3.05) is 18.0 Å². The maximum atomic E-state index is 5.74. The van der Waals surface area contributed by atoms with Gasteiger partial charge in [-0.2, -0.15) is 0 Å². The first-order chi connectivity index (χ1) is 6.77. The zero-order valence-electron chi connectivity index (χ0n) is 8.61. The van der Waals surface area contributed by atoms with Crippen LogP contribution in [0.25, 0.3) is 0 Å². The zero-order chi connectivity index (χ0) is 9.97. The van der Waals surface area contributed by atoms with Gasteiger partial charge in [0.1, 0.15) is 0 Å². The van der Waals surface area contributed by atoms with Gasteiger partial charge in [0, 0.05) is 19.1 Å². The Kier molecular flexibility index (Phi) is 2.68. The van der Waals surface area contributed by atoms with E-state index in [-0.39, 0.29) is 6.04 Å². The van der Waals surface area contributed by atoms with E-state index in [9.17, 15) is 0 Å². The van der Waals surface area contributed by atoms with Gasteiger partial charge in [-0.1, -0.05) is 0 Å². The number of nitrogens with zero attached hydrogens (tertiary/aromatic N) is 2. The van der Waals surface area contributed by atoms with E-state index in [4.69, 9.17) is 5.73 Å². The highest BCUT2D eigenvalue weighted by molar-refractivity contribution is 5.45. The van der Waals surface area contributed by atoms with Crippen LogP contribution in [0, 0.1) is 0 Å². The lowest BCUT2D eigenvalue weighted by Crippen LogP contribution is -2.18. The minimum Gasteiger partial charge on any atom is -0.370 e. The zero-order valence-corrected chi connectivity index (χ0v) is 8.61. The molecule has 0 bridgehead atoms. The van der Waals surface area contributed by atoms with E-state index in [1.807, 2.05) is 19.2 Å². The molecule has 1 atom stereocenters. The van der Waals surface area contributed by atoms with Crippen molar-refractivity contribution in [3.05, 3.63) is 24.0 Å². The van der Waals surface area contributed by atoms with Crippen LogP contribution in [-0.4, -0.2) is 18.1 Å². The van der Waals surface area contributed by atoms with Crippen LogP contribution in [0.5, 0.6) is 0 Å². The highest BCUT2D eigenvalue weighted by Crippen LogP contribution is 2.19. The topological polar surface area (TPSA) is 42.1 Å². The van der Waals surface area contributed by atoms with Crippen LogP contribution in [0.3, 0.4) is 0 Å². The lowest BCUT2D eigenvalue weighted by Gasteiger charge is -2.17. The van der Waals surface area contributed by atoms with Crippen molar-refractivity contribution >= 4 is 5.69 Å². The van der Waals surface area contributed by atoms with Crippen LogP contribution in [-0.2, 0) is 0 Å². The molecule has 1 fully saturated rings. The van der Waals surface area contributed by atoms with Crippen molar-refractivity contribution in [2.45, 2.75) is 25.8 Å². The molecule has 0 aromatic carbocycles. The Hall–Kier alpha value is -1.09. The largest absolute Gasteiger partial charge is 0.370 e. The second kappa shape index (κ2) is 3.96. The Morgan fingerprint density at radius 1 is 1.36 bits per heavy atom. The normalized spacial score (nSPS) is 18.6. The molecule has 14 heavy (non-hydrogen) atoms. The summed E-state index contributed by atoms with van der Waals surface area (Å²) in [6.07, 6.45) is 4.54. The molecule has 0 unspecified atom stereocenters. The van der Waals surface area contributed by atoms with Gasteiger partial charge in [0.2, 0.25) is 0 Å². The first-order valence-corrected chi connectivity index (χ1v) is 5.24. The van der Waals surface area contributed by atoms with E-state index < -0.39 is 0 Å². The Morgan fingerprint density at radius 3 is 2.57 bits per heavy atom. The first kappa shape index (κ1) is 9.46. The van der Waals surface area contributed by atoms with E-state index >= 15 is 0 Å². The molecule has 0 saturated carbocycles. The summed E-state index contributed by atoms with van der Waals surface area (Å²) in [7, 11) is 0. The van der Waals surface area contributed by atoms with Crippen molar-refractivity contribution in [1.82, 2.24) is 4.98 Å². The lowest BCUT2D eigenvalue weighted by atomic mass is 10.2. The second-order valence-electron chi connectivity index (χ2n) is 3.92. The standard InChI is InChI=1S/C11H17N3/c1-9(12)11-5-4-10(8-13-11)14-6-2-3-7-14/h4-5,8-9H,2-3,6-7,12H2,1H3/t9-/m0/s1. The molecule has 2 N–H and O–H groups in total. The van der Waals surface area contributed by atoms with Gasteiger partial charge in [0.15, 0.2) is 0 Å². The highest BCUT2D eigenvalue weighted by atomic mass is 15.1. The highest BCUT2D eigenvalue weighted by Gasteiger charge is 2.12. The minimum absolute atomic E-state index is 0.0302. The van der Waals surface area contributed by atoms with Crippen LogP contribution < -0.4 is 10.6 Å². The summed E-state index contributed by atoms with van der Waals surface area (Å²) in [6.45, 7) is 4.29. The Morgan fingerprint density at radius 2 is 2.07 bits per heavy atom. The van der Waals surface area contributed by atoms with E-state index in [0.29, 0.717) is 0 Å². The summed E-state index contributed by atoms with van der Waals surface area (Å²) in [5.41, 5.74) is 7.94. The first-order valence-electron chi connectivity index (χ1n) is 5.24. The summed E-state index contributed by atoms with van der Waals surface area (Å²) < 4.78 is 0. The van der Waals surface area contributed by atoms with Gasteiger partial charge < -0.3 is 10.6 Å². The van der Waals surface area contributed by atoms with E-state index in [1.54, 1.807) is 0 Å². The van der Waals surface area contributed by atoms with Gasteiger partial charge in [-0.15, -0.1) is 0 Å². The second-order valence-corrected chi connectivity index (χ2v) is 3.92. The smallest absolute Gasteiger partial charge is 0.0569 e. The summed E-state index contributed by atoms with van der Waals surface area (Å²) in [5.74, 6) is 0. The molecule has 3 nitrogen and oxygen atoms in total. The predicted molar refractivity (Wildman–Crippen MR) is 58.3 cm³/mol. The van der Waals surface area contributed by atoms with Crippen molar-refractivity contribution in [2.24, 2.45) is 5.73 Å². The van der Waals surface area contributed by atoms with Crippen molar-refractivity contribution in [3.8, 4) is 0 Å². The number of aromatic nitrogens is 1. The van der Waals surface area contributed by atoms with Gasteiger partial charge in [0.05, 0.1) is 17.6 Å². The van der Waals surface area contributed by atoms with E-state index in [0.717, 1.165) is 5.69 Å². The van der Waals surface area contributed by atoms with Crippen LogP contribution in [0.4, 0.5) is 5.69 Å². The van der Waals surface area contributed by atoms with Crippen LogP contribution in [0.2, 0.25) is 0 Å². The molecule has 1 aliphatic heterocycles. The maximum absolute atomic E-state index is 5.74. The molecule has 0 aliphatic carbocycles. The van der Waals surface area contributed by atoms with Crippen LogP contribution in [0.1, 0.15) is 31.5 Å². The summed E-state index contributed by atoms with van der Waals surface area (Å²) >= 11 is 0. The van der Waals surface area contributed by atoms with Crippen LogP contribution in [0.15, 0.2) is 18.3 Å². The molecule has 3 heteroatoms. The van der Waals surface area contributed by atoms with Crippen molar-refractivity contribution in [1.29, 1.82) is 0 Å². The molecule has 2 heterocycles. The number of rotatable bonds is 2. The van der Waals surface area contributed by atoms with E-state index in [2.05, 4.69) is 16.0 Å². The fraction of sp³-hybridized carbons (Fsp3) is 0.545. The monoisotopic (exact) mass is 191 g/mol. The van der Waals surface area contributed by atoms with Crippen LogP contribution >= 0.6 is 0 Å².